The van der Waals surface area contributed by atoms with Gasteiger partial charge in [-0.2, -0.15) is 0 Å². The summed E-state index contributed by atoms with van der Waals surface area (Å²) in [6.07, 6.45) is 0. The van der Waals surface area contributed by atoms with E-state index in [1.807, 2.05) is 44.2 Å². The number of rotatable bonds is 9. The van der Waals surface area contributed by atoms with E-state index in [4.69, 9.17) is 4.74 Å². The van der Waals surface area contributed by atoms with Crippen LogP contribution < -0.4 is 10.6 Å². The van der Waals surface area contributed by atoms with E-state index in [0.29, 0.717) is 24.7 Å². The number of ether oxygens (including phenoxy) is 1. The SMILES string of the molecule is CCNC(=NCCS(=O)Cc1ccccc1)NC(C)COC.I. The third kappa shape index (κ3) is 10.7. The smallest absolute Gasteiger partial charge is 0.191 e. The van der Waals surface area contributed by atoms with Gasteiger partial charge >= 0.3 is 0 Å². The Balaban J connectivity index is 0.00000484. The summed E-state index contributed by atoms with van der Waals surface area (Å²) in [6.45, 7) is 5.99. The molecule has 0 saturated heterocycles. The van der Waals surface area contributed by atoms with Gasteiger partial charge in [-0.05, 0) is 19.4 Å². The van der Waals surface area contributed by atoms with E-state index in [2.05, 4.69) is 15.6 Å². The molecule has 0 bridgehead atoms. The number of guanidine groups is 1. The fourth-order valence-corrected chi connectivity index (χ4v) is 2.94. The average molecular weight is 453 g/mol. The molecule has 2 N–H and O–H groups in total. The molecule has 0 aromatic heterocycles. The van der Waals surface area contributed by atoms with Gasteiger partial charge in [-0.25, -0.2) is 0 Å². The fraction of sp³-hybridized carbons (Fsp3) is 0.562. The largest absolute Gasteiger partial charge is 0.383 e. The van der Waals surface area contributed by atoms with E-state index in [-0.39, 0.29) is 30.0 Å². The van der Waals surface area contributed by atoms with Crippen LogP contribution in [0, 0.1) is 0 Å². The molecule has 1 aromatic carbocycles. The van der Waals surface area contributed by atoms with Crippen molar-refractivity contribution in [1.29, 1.82) is 0 Å². The van der Waals surface area contributed by atoms with Crippen molar-refractivity contribution < 1.29 is 8.95 Å². The van der Waals surface area contributed by atoms with Crippen LogP contribution in [0.25, 0.3) is 0 Å². The van der Waals surface area contributed by atoms with E-state index >= 15 is 0 Å². The van der Waals surface area contributed by atoms with Crippen LogP contribution in [0.15, 0.2) is 35.3 Å². The standard InChI is InChI=1S/C16H27N3O2S.HI/c1-4-17-16(19-14(2)12-21-3)18-10-11-22(20)13-15-8-6-5-7-9-15;/h5-9,14H,4,10-13H2,1-3H3,(H2,17,18,19);1H. The summed E-state index contributed by atoms with van der Waals surface area (Å²) in [6, 6.07) is 10.1. The van der Waals surface area contributed by atoms with Gasteiger partial charge < -0.3 is 15.4 Å². The molecule has 1 aromatic rings. The summed E-state index contributed by atoms with van der Waals surface area (Å²) in [4.78, 5) is 4.46. The highest BCUT2D eigenvalue weighted by atomic mass is 127. The third-order valence-electron chi connectivity index (χ3n) is 2.90. The second-order valence-corrected chi connectivity index (χ2v) is 6.61. The van der Waals surface area contributed by atoms with E-state index in [0.717, 1.165) is 18.1 Å². The second kappa shape index (κ2) is 13.7. The van der Waals surface area contributed by atoms with Crippen LogP contribution in [0.1, 0.15) is 19.4 Å². The molecular formula is C16H28IN3O2S. The average Bonchev–Trinajstić information content (AvgIpc) is 2.48. The first-order chi connectivity index (χ1) is 10.7. The minimum atomic E-state index is -0.895. The Labute approximate surface area is 159 Å². The molecule has 0 spiro atoms. The first-order valence-electron chi connectivity index (χ1n) is 7.58. The molecule has 0 saturated carbocycles. The highest BCUT2D eigenvalue weighted by Crippen LogP contribution is 2.02. The lowest BCUT2D eigenvalue weighted by Crippen LogP contribution is -2.44. The molecule has 0 aliphatic heterocycles. The predicted molar refractivity (Wildman–Crippen MR) is 109 cm³/mol. The zero-order valence-electron chi connectivity index (χ0n) is 14.1. The molecule has 0 aliphatic rings. The molecule has 0 heterocycles. The Morgan fingerprint density at radius 3 is 2.65 bits per heavy atom. The minimum absolute atomic E-state index is 0. The molecule has 7 heteroatoms. The van der Waals surface area contributed by atoms with Crippen LogP contribution in [0.2, 0.25) is 0 Å². The zero-order chi connectivity index (χ0) is 16.2. The number of methoxy groups -OCH3 is 1. The Bertz CT molecular complexity index is 472. The molecule has 0 radical (unpaired) electrons. The topological polar surface area (TPSA) is 62.7 Å². The number of hydrogen-bond acceptors (Lipinski definition) is 3. The maximum absolute atomic E-state index is 12.1. The number of benzene rings is 1. The summed E-state index contributed by atoms with van der Waals surface area (Å²) in [5.41, 5.74) is 1.10. The first kappa shape index (κ1) is 22.3. The van der Waals surface area contributed by atoms with Crippen LogP contribution in [0.5, 0.6) is 0 Å². The molecule has 0 amide bonds. The third-order valence-corrected chi connectivity index (χ3v) is 4.20. The first-order valence-corrected chi connectivity index (χ1v) is 9.07. The lowest BCUT2D eigenvalue weighted by molar-refractivity contribution is 0.179. The number of aliphatic imine (C=N–C) groups is 1. The number of hydrogen-bond donors (Lipinski definition) is 2. The van der Waals surface area contributed by atoms with Crippen molar-refractivity contribution in [3.05, 3.63) is 35.9 Å². The van der Waals surface area contributed by atoms with Crippen LogP contribution in [-0.4, -0.2) is 48.8 Å². The monoisotopic (exact) mass is 453 g/mol. The maximum atomic E-state index is 12.1. The lowest BCUT2D eigenvalue weighted by Gasteiger charge is -2.16. The normalized spacial score (nSPS) is 13.8. The summed E-state index contributed by atoms with van der Waals surface area (Å²) in [5.74, 6) is 1.88. The van der Waals surface area contributed by atoms with Crippen molar-refractivity contribution >= 4 is 40.7 Å². The molecule has 23 heavy (non-hydrogen) atoms. The Hall–Kier alpha value is -0.670. The highest BCUT2D eigenvalue weighted by Gasteiger charge is 2.05. The van der Waals surface area contributed by atoms with Crippen molar-refractivity contribution in [2.24, 2.45) is 4.99 Å². The van der Waals surface area contributed by atoms with Gasteiger partial charge in [-0.3, -0.25) is 9.20 Å². The number of nitrogens with one attached hydrogen (secondary N) is 2. The molecule has 132 valence electrons. The van der Waals surface area contributed by atoms with Crippen LogP contribution in [0.4, 0.5) is 0 Å². The summed E-state index contributed by atoms with van der Waals surface area (Å²) in [7, 11) is 0.781. The van der Waals surface area contributed by atoms with Crippen LogP contribution in [0.3, 0.4) is 0 Å². The van der Waals surface area contributed by atoms with Crippen molar-refractivity contribution in [1.82, 2.24) is 10.6 Å². The predicted octanol–water partition coefficient (Wildman–Crippen LogP) is 2.14. The zero-order valence-corrected chi connectivity index (χ0v) is 17.2. The van der Waals surface area contributed by atoms with E-state index in [1.165, 1.54) is 0 Å². The van der Waals surface area contributed by atoms with E-state index < -0.39 is 10.8 Å². The second-order valence-electron chi connectivity index (χ2n) is 5.04. The van der Waals surface area contributed by atoms with E-state index in [9.17, 15) is 4.21 Å². The van der Waals surface area contributed by atoms with Gasteiger partial charge in [0.2, 0.25) is 0 Å². The van der Waals surface area contributed by atoms with Crippen molar-refractivity contribution in [3.63, 3.8) is 0 Å². The highest BCUT2D eigenvalue weighted by molar-refractivity contribution is 14.0. The molecule has 2 atom stereocenters. The molecular weight excluding hydrogens is 425 g/mol. The maximum Gasteiger partial charge on any atom is 0.191 e. The Kier molecular flexibility index (Phi) is 13.3. The minimum Gasteiger partial charge on any atom is -0.383 e. The van der Waals surface area contributed by atoms with Gasteiger partial charge in [-0.1, -0.05) is 30.3 Å². The number of halogens is 1. The molecule has 1 rings (SSSR count). The molecule has 0 aliphatic carbocycles. The summed E-state index contributed by atoms with van der Waals surface area (Å²) in [5, 5.41) is 6.44. The summed E-state index contributed by atoms with van der Waals surface area (Å²) >= 11 is 0. The van der Waals surface area contributed by atoms with Crippen molar-refractivity contribution in [2.45, 2.75) is 25.6 Å². The molecule has 2 unspecified atom stereocenters. The fourth-order valence-electron chi connectivity index (χ4n) is 1.94. The Morgan fingerprint density at radius 1 is 1.35 bits per heavy atom. The van der Waals surface area contributed by atoms with Gasteiger partial charge in [0.15, 0.2) is 5.96 Å². The van der Waals surface area contributed by atoms with Gasteiger partial charge in [0.25, 0.3) is 0 Å². The Morgan fingerprint density at radius 2 is 2.04 bits per heavy atom. The number of nitrogens with zero attached hydrogens (tertiary/aromatic N) is 1. The van der Waals surface area contributed by atoms with Crippen molar-refractivity contribution in [2.75, 3.05) is 32.6 Å². The van der Waals surface area contributed by atoms with Crippen molar-refractivity contribution in [3.8, 4) is 0 Å². The van der Waals surface area contributed by atoms with Crippen LogP contribution in [-0.2, 0) is 21.3 Å². The van der Waals surface area contributed by atoms with Gasteiger partial charge in [0.1, 0.15) is 0 Å². The van der Waals surface area contributed by atoms with Crippen LogP contribution >= 0.6 is 24.0 Å². The van der Waals surface area contributed by atoms with Gasteiger partial charge in [0, 0.05) is 42.0 Å². The quantitative estimate of drug-likeness (QED) is 0.342. The van der Waals surface area contributed by atoms with E-state index in [1.54, 1.807) is 7.11 Å². The molecule has 5 nitrogen and oxygen atoms in total. The van der Waals surface area contributed by atoms with Gasteiger partial charge in [-0.15, -0.1) is 24.0 Å². The molecule has 0 fully saturated rings. The summed E-state index contributed by atoms with van der Waals surface area (Å²) < 4.78 is 17.2. The van der Waals surface area contributed by atoms with Gasteiger partial charge in [0.05, 0.1) is 13.2 Å². The lowest BCUT2D eigenvalue weighted by atomic mass is 10.2.